The van der Waals surface area contributed by atoms with Gasteiger partial charge in [0.25, 0.3) is 0 Å². The van der Waals surface area contributed by atoms with Crippen LogP contribution in [-0.4, -0.2) is 30.9 Å². The largest absolute Gasteiger partial charge is 0.494 e. The molecule has 2 aromatic carbocycles. The number of allylic oxidation sites excluding steroid dienone is 2. The second-order valence-corrected chi connectivity index (χ2v) is 8.01. The lowest BCUT2D eigenvalue weighted by Crippen LogP contribution is -2.44. The second kappa shape index (κ2) is 9.39. The Balaban J connectivity index is 1.77. The van der Waals surface area contributed by atoms with Crippen molar-refractivity contribution in [3.63, 3.8) is 0 Å². The average Bonchev–Trinajstić information content (AvgIpc) is 2.79. The van der Waals surface area contributed by atoms with Crippen molar-refractivity contribution < 1.29 is 23.9 Å². The monoisotopic (exact) mass is 433 g/mol. The molecule has 0 radical (unpaired) electrons. The maximum atomic E-state index is 13.8. The number of esters is 1. The fraction of sp³-hybridized carbons (Fsp3) is 0.346. The van der Waals surface area contributed by atoms with Crippen LogP contribution < -0.4 is 10.1 Å². The molecule has 1 amide bonds. The van der Waals surface area contributed by atoms with Crippen LogP contribution in [0.25, 0.3) is 0 Å². The molecule has 0 fully saturated rings. The third-order valence-electron chi connectivity index (χ3n) is 6.09. The van der Waals surface area contributed by atoms with Crippen LogP contribution in [0.4, 0.5) is 0 Å². The number of Topliss-reactive ketones (excluding diaryl/α,β-unsaturated/α-hetero) is 1. The molecule has 0 spiro atoms. The Hall–Kier alpha value is -3.41. The van der Waals surface area contributed by atoms with Gasteiger partial charge in [0.05, 0.1) is 13.2 Å². The highest BCUT2D eigenvalue weighted by Gasteiger charge is 2.47. The van der Waals surface area contributed by atoms with E-state index in [-0.39, 0.29) is 30.6 Å². The van der Waals surface area contributed by atoms with Crippen LogP contribution in [-0.2, 0) is 19.1 Å². The molecule has 0 bridgehead atoms. The van der Waals surface area contributed by atoms with Gasteiger partial charge in [-0.15, -0.1) is 0 Å². The molecule has 1 heterocycles. The van der Waals surface area contributed by atoms with Crippen molar-refractivity contribution in [3.05, 3.63) is 77.0 Å². The van der Waals surface area contributed by atoms with Gasteiger partial charge in [-0.2, -0.15) is 0 Å². The fourth-order valence-corrected chi connectivity index (χ4v) is 4.72. The Bertz CT molecular complexity index is 1040. The first-order valence-corrected chi connectivity index (χ1v) is 11.0. The predicted octanol–water partition coefficient (Wildman–Crippen LogP) is 3.88. The SMILES string of the molecule is CCOC(=O)[C@H]1C(=O)C2=C(C[C@H]1c1ccccc1)NC(=O)C[C@@H]2c1ccc(OCC)cc1. The van der Waals surface area contributed by atoms with Crippen molar-refractivity contribution >= 4 is 17.7 Å². The molecule has 166 valence electrons. The Labute approximate surface area is 187 Å². The number of hydrogen-bond acceptors (Lipinski definition) is 5. The smallest absolute Gasteiger partial charge is 0.317 e. The van der Waals surface area contributed by atoms with E-state index >= 15 is 0 Å². The first kappa shape index (κ1) is 21.8. The number of benzene rings is 2. The van der Waals surface area contributed by atoms with Crippen LogP contribution in [0.2, 0.25) is 0 Å². The van der Waals surface area contributed by atoms with Gasteiger partial charge >= 0.3 is 5.97 Å². The quantitative estimate of drug-likeness (QED) is 0.552. The normalized spacial score (nSPS) is 22.8. The van der Waals surface area contributed by atoms with Crippen LogP contribution in [0.15, 0.2) is 65.9 Å². The number of carbonyl (C=O) groups is 3. The van der Waals surface area contributed by atoms with E-state index in [0.717, 1.165) is 16.9 Å². The lowest BCUT2D eigenvalue weighted by molar-refractivity contribution is -0.152. The van der Waals surface area contributed by atoms with Gasteiger partial charge in [0.2, 0.25) is 5.91 Å². The molecule has 0 unspecified atom stereocenters. The van der Waals surface area contributed by atoms with Crippen LogP contribution in [0, 0.1) is 5.92 Å². The van der Waals surface area contributed by atoms with Gasteiger partial charge in [-0.1, -0.05) is 42.5 Å². The minimum atomic E-state index is -0.934. The van der Waals surface area contributed by atoms with E-state index in [1.807, 2.05) is 61.5 Å². The van der Waals surface area contributed by atoms with E-state index < -0.39 is 17.8 Å². The fourth-order valence-electron chi connectivity index (χ4n) is 4.72. The molecule has 2 aliphatic rings. The molecule has 3 atom stereocenters. The molecule has 32 heavy (non-hydrogen) atoms. The summed E-state index contributed by atoms with van der Waals surface area (Å²) in [4.78, 5) is 39.3. The summed E-state index contributed by atoms with van der Waals surface area (Å²) in [7, 11) is 0. The summed E-state index contributed by atoms with van der Waals surface area (Å²) in [6.07, 6.45) is 0.554. The number of nitrogens with one attached hydrogen (secondary N) is 1. The lowest BCUT2D eigenvalue weighted by Gasteiger charge is -2.38. The number of ketones is 1. The number of hydrogen-bond donors (Lipinski definition) is 1. The van der Waals surface area contributed by atoms with E-state index in [0.29, 0.717) is 24.3 Å². The molecule has 0 aromatic heterocycles. The molecule has 6 nitrogen and oxygen atoms in total. The van der Waals surface area contributed by atoms with E-state index in [1.165, 1.54) is 0 Å². The van der Waals surface area contributed by atoms with Crippen LogP contribution >= 0.6 is 0 Å². The summed E-state index contributed by atoms with van der Waals surface area (Å²) < 4.78 is 10.8. The van der Waals surface area contributed by atoms with Gasteiger partial charge in [-0.05, 0) is 43.5 Å². The zero-order chi connectivity index (χ0) is 22.7. The van der Waals surface area contributed by atoms with E-state index in [9.17, 15) is 14.4 Å². The molecule has 1 N–H and O–H groups in total. The highest BCUT2D eigenvalue weighted by atomic mass is 16.5. The summed E-state index contributed by atoms with van der Waals surface area (Å²) in [5.41, 5.74) is 2.85. The van der Waals surface area contributed by atoms with Crippen molar-refractivity contribution in [1.29, 1.82) is 0 Å². The Morgan fingerprint density at radius 2 is 1.66 bits per heavy atom. The molecule has 1 aliphatic carbocycles. The third kappa shape index (κ3) is 4.17. The summed E-state index contributed by atoms with van der Waals surface area (Å²) >= 11 is 0. The first-order chi connectivity index (χ1) is 15.5. The van der Waals surface area contributed by atoms with Gasteiger partial charge in [0.1, 0.15) is 11.7 Å². The number of carbonyl (C=O) groups excluding carboxylic acids is 3. The second-order valence-electron chi connectivity index (χ2n) is 8.01. The van der Waals surface area contributed by atoms with Crippen molar-refractivity contribution in [2.45, 2.75) is 38.5 Å². The molecular weight excluding hydrogens is 406 g/mol. The van der Waals surface area contributed by atoms with Crippen molar-refractivity contribution in [3.8, 4) is 5.75 Å². The van der Waals surface area contributed by atoms with Crippen LogP contribution in [0.1, 0.15) is 49.7 Å². The van der Waals surface area contributed by atoms with Gasteiger partial charge in [-0.3, -0.25) is 14.4 Å². The molecule has 0 saturated carbocycles. The molecule has 0 saturated heterocycles. The van der Waals surface area contributed by atoms with E-state index in [1.54, 1.807) is 6.92 Å². The number of amides is 1. The Morgan fingerprint density at radius 3 is 2.31 bits per heavy atom. The minimum absolute atomic E-state index is 0.128. The van der Waals surface area contributed by atoms with Crippen LogP contribution in [0.3, 0.4) is 0 Å². The average molecular weight is 434 g/mol. The summed E-state index contributed by atoms with van der Waals surface area (Å²) in [5, 5.41) is 2.91. The van der Waals surface area contributed by atoms with E-state index in [2.05, 4.69) is 5.32 Å². The number of ether oxygens (including phenoxy) is 2. The van der Waals surface area contributed by atoms with Crippen molar-refractivity contribution in [1.82, 2.24) is 5.32 Å². The summed E-state index contributed by atoms with van der Waals surface area (Å²) in [5.74, 6) is -1.91. The maximum Gasteiger partial charge on any atom is 0.317 e. The maximum absolute atomic E-state index is 13.8. The molecular formula is C26H27NO5. The molecule has 2 aromatic rings. The van der Waals surface area contributed by atoms with Crippen LogP contribution in [0.5, 0.6) is 5.75 Å². The lowest BCUT2D eigenvalue weighted by atomic mass is 9.68. The van der Waals surface area contributed by atoms with Crippen molar-refractivity contribution in [2.24, 2.45) is 5.92 Å². The minimum Gasteiger partial charge on any atom is -0.494 e. The van der Waals surface area contributed by atoms with Gasteiger partial charge in [0, 0.05) is 29.5 Å². The Kier molecular flexibility index (Phi) is 6.40. The van der Waals surface area contributed by atoms with Gasteiger partial charge in [0.15, 0.2) is 5.78 Å². The molecule has 4 rings (SSSR count). The van der Waals surface area contributed by atoms with Crippen molar-refractivity contribution in [2.75, 3.05) is 13.2 Å². The zero-order valence-corrected chi connectivity index (χ0v) is 18.3. The van der Waals surface area contributed by atoms with E-state index in [4.69, 9.17) is 9.47 Å². The predicted molar refractivity (Wildman–Crippen MR) is 119 cm³/mol. The molecule has 1 aliphatic heterocycles. The highest BCUT2D eigenvalue weighted by molar-refractivity contribution is 6.12. The standard InChI is InChI=1S/C26H27NO5/c1-3-31-18-12-10-17(11-13-18)20-15-22(28)27-21-14-19(16-8-6-5-7-9-16)24(25(29)23(20)21)26(30)32-4-2/h5-13,19-20,24H,3-4,14-15H2,1-2H3,(H,27,28)/t19-,20+,24+/m0/s1. The third-order valence-corrected chi connectivity index (χ3v) is 6.09. The topological polar surface area (TPSA) is 81.7 Å². The first-order valence-electron chi connectivity index (χ1n) is 11.0. The highest BCUT2D eigenvalue weighted by Crippen LogP contribution is 2.45. The van der Waals surface area contributed by atoms with Gasteiger partial charge in [-0.25, -0.2) is 0 Å². The number of rotatable bonds is 6. The summed E-state index contributed by atoms with van der Waals surface area (Å²) in [6, 6.07) is 16.9. The molecule has 6 heteroatoms. The Morgan fingerprint density at radius 1 is 0.938 bits per heavy atom. The summed E-state index contributed by atoms with van der Waals surface area (Å²) in [6.45, 7) is 4.41. The zero-order valence-electron chi connectivity index (χ0n) is 18.3. The van der Waals surface area contributed by atoms with Gasteiger partial charge < -0.3 is 14.8 Å².